The number of fused-ring (bicyclic) bond motifs is 1. The van der Waals surface area contributed by atoms with E-state index in [1.165, 1.54) is 37.2 Å². The van der Waals surface area contributed by atoms with Crippen molar-refractivity contribution in [2.75, 3.05) is 31.1 Å². The van der Waals surface area contributed by atoms with Crippen LogP contribution in [0, 0.1) is 0 Å². The van der Waals surface area contributed by atoms with Crippen molar-refractivity contribution in [1.82, 2.24) is 19.7 Å². The number of aromatic nitrogens is 3. The van der Waals surface area contributed by atoms with Gasteiger partial charge in [0, 0.05) is 56.9 Å². The van der Waals surface area contributed by atoms with Crippen LogP contribution in [-0.2, 0) is 19.5 Å². The number of rotatable bonds is 4. The van der Waals surface area contributed by atoms with Crippen LogP contribution < -0.4 is 4.90 Å². The van der Waals surface area contributed by atoms with Crippen molar-refractivity contribution < 1.29 is 0 Å². The summed E-state index contributed by atoms with van der Waals surface area (Å²) in [7, 11) is 0. The van der Waals surface area contributed by atoms with Crippen molar-refractivity contribution in [2.45, 2.75) is 32.4 Å². The molecule has 2 aliphatic rings. The molecule has 5 nitrogen and oxygen atoms in total. The van der Waals surface area contributed by atoms with Gasteiger partial charge in [-0.1, -0.05) is 42.5 Å². The molecule has 0 bridgehead atoms. The maximum atomic E-state index is 4.47. The van der Waals surface area contributed by atoms with E-state index in [4.69, 9.17) is 0 Å². The van der Waals surface area contributed by atoms with E-state index in [1.807, 2.05) is 6.07 Å². The van der Waals surface area contributed by atoms with Gasteiger partial charge in [-0.2, -0.15) is 0 Å². The zero-order chi connectivity index (χ0) is 18.8. The van der Waals surface area contributed by atoms with E-state index in [-0.39, 0.29) is 0 Å². The van der Waals surface area contributed by atoms with E-state index in [0.717, 1.165) is 49.8 Å². The zero-order valence-corrected chi connectivity index (χ0v) is 16.3. The highest BCUT2D eigenvalue weighted by Gasteiger charge is 2.19. The SMILES string of the molecule is c1ccc(-c2nnc3n2CCN(Cc2ccc(N4CCCC4)cc2)CC3)cc1. The lowest BCUT2D eigenvalue weighted by Crippen LogP contribution is -2.26. The second-order valence-electron chi connectivity index (χ2n) is 7.84. The fourth-order valence-corrected chi connectivity index (χ4v) is 4.37. The molecule has 2 aliphatic heterocycles. The van der Waals surface area contributed by atoms with Crippen molar-refractivity contribution in [3.8, 4) is 11.4 Å². The van der Waals surface area contributed by atoms with Gasteiger partial charge >= 0.3 is 0 Å². The summed E-state index contributed by atoms with van der Waals surface area (Å²) in [6.07, 6.45) is 3.60. The highest BCUT2D eigenvalue weighted by molar-refractivity contribution is 5.55. The predicted molar refractivity (Wildman–Crippen MR) is 112 cm³/mol. The standard InChI is InChI=1S/C23H27N5/c1-2-6-20(7-3-1)23-25-24-22-12-15-26(16-17-28(22)23)18-19-8-10-21(11-9-19)27-13-4-5-14-27/h1-3,6-11H,4-5,12-18H2. The van der Waals surface area contributed by atoms with Gasteiger partial charge in [-0.3, -0.25) is 4.90 Å². The van der Waals surface area contributed by atoms with Gasteiger partial charge in [0.15, 0.2) is 5.82 Å². The van der Waals surface area contributed by atoms with Crippen LogP contribution in [0.3, 0.4) is 0 Å². The first-order valence-corrected chi connectivity index (χ1v) is 10.4. The molecule has 3 aromatic rings. The molecular weight excluding hydrogens is 346 g/mol. The molecule has 144 valence electrons. The fraction of sp³-hybridized carbons (Fsp3) is 0.391. The quantitative estimate of drug-likeness (QED) is 0.700. The first-order valence-electron chi connectivity index (χ1n) is 10.4. The Balaban J connectivity index is 1.26. The second kappa shape index (κ2) is 7.76. The number of nitrogens with zero attached hydrogens (tertiary/aromatic N) is 5. The third-order valence-electron chi connectivity index (χ3n) is 5.96. The lowest BCUT2D eigenvalue weighted by Gasteiger charge is -2.21. The van der Waals surface area contributed by atoms with Crippen LogP contribution in [0.5, 0.6) is 0 Å². The maximum absolute atomic E-state index is 4.47. The van der Waals surface area contributed by atoms with Crippen LogP contribution in [0.4, 0.5) is 5.69 Å². The number of anilines is 1. The van der Waals surface area contributed by atoms with Crippen molar-refractivity contribution in [1.29, 1.82) is 0 Å². The van der Waals surface area contributed by atoms with E-state index in [2.05, 4.69) is 73.1 Å². The van der Waals surface area contributed by atoms with Crippen LogP contribution in [0.15, 0.2) is 54.6 Å². The molecule has 1 saturated heterocycles. The topological polar surface area (TPSA) is 37.2 Å². The molecule has 2 aromatic carbocycles. The summed E-state index contributed by atoms with van der Waals surface area (Å²) in [6.45, 7) is 6.40. The van der Waals surface area contributed by atoms with Gasteiger partial charge in [0.1, 0.15) is 5.82 Å². The van der Waals surface area contributed by atoms with Gasteiger partial charge in [-0.05, 0) is 30.5 Å². The first-order chi connectivity index (χ1) is 13.9. The van der Waals surface area contributed by atoms with Gasteiger partial charge in [0.25, 0.3) is 0 Å². The molecule has 28 heavy (non-hydrogen) atoms. The molecule has 0 unspecified atom stereocenters. The molecule has 5 heteroatoms. The van der Waals surface area contributed by atoms with Crippen LogP contribution >= 0.6 is 0 Å². The average molecular weight is 374 g/mol. The Morgan fingerprint density at radius 2 is 1.54 bits per heavy atom. The van der Waals surface area contributed by atoms with Gasteiger partial charge in [0.2, 0.25) is 0 Å². The number of hydrogen-bond acceptors (Lipinski definition) is 4. The van der Waals surface area contributed by atoms with Crippen LogP contribution in [-0.4, -0.2) is 45.8 Å². The van der Waals surface area contributed by atoms with E-state index >= 15 is 0 Å². The molecule has 0 amide bonds. The van der Waals surface area contributed by atoms with Crippen LogP contribution in [0.1, 0.15) is 24.2 Å². The molecule has 1 fully saturated rings. The van der Waals surface area contributed by atoms with Gasteiger partial charge < -0.3 is 9.47 Å². The van der Waals surface area contributed by atoms with Gasteiger partial charge in [-0.25, -0.2) is 0 Å². The molecule has 5 rings (SSSR count). The summed E-state index contributed by atoms with van der Waals surface area (Å²) in [4.78, 5) is 5.03. The average Bonchev–Trinajstić information content (AvgIpc) is 3.38. The van der Waals surface area contributed by atoms with Crippen molar-refractivity contribution in [3.63, 3.8) is 0 Å². The van der Waals surface area contributed by atoms with Crippen molar-refractivity contribution in [3.05, 3.63) is 66.0 Å². The summed E-state index contributed by atoms with van der Waals surface area (Å²) >= 11 is 0. The van der Waals surface area contributed by atoms with Crippen molar-refractivity contribution >= 4 is 5.69 Å². The fourth-order valence-electron chi connectivity index (χ4n) is 4.37. The molecule has 0 spiro atoms. The minimum absolute atomic E-state index is 0.943. The summed E-state index contributed by atoms with van der Waals surface area (Å²) in [5.74, 6) is 2.10. The van der Waals surface area contributed by atoms with E-state index in [1.54, 1.807) is 0 Å². The molecule has 1 aromatic heterocycles. The number of hydrogen-bond donors (Lipinski definition) is 0. The minimum Gasteiger partial charge on any atom is -0.372 e. The van der Waals surface area contributed by atoms with Crippen molar-refractivity contribution in [2.24, 2.45) is 0 Å². The largest absolute Gasteiger partial charge is 0.372 e. The summed E-state index contributed by atoms with van der Waals surface area (Å²) < 4.78 is 2.30. The van der Waals surface area contributed by atoms with E-state index in [9.17, 15) is 0 Å². The molecule has 3 heterocycles. The molecular formula is C23H27N5. The summed E-state index contributed by atoms with van der Waals surface area (Å²) in [6, 6.07) is 19.6. The summed E-state index contributed by atoms with van der Waals surface area (Å²) in [5.41, 5.74) is 3.91. The molecule has 0 radical (unpaired) electrons. The molecule has 0 aliphatic carbocycles. The van der Waals surface area contributed by atoms with E-state index < -0.39 is 0 Å². The highest BCUT2D eigenvalue weighted by atomic mass is 15.3. The Labute approximate surface area is 166 Å². The van der Waals surface area contributed by atoms with E-state index in [0.29, 0.717) is 0 Å². The zero-order valence-electron chi connectivity index (χ0n) is 16.3. The van der Waals surface area contributed by atoms with Crippen LogP contribution in [0.2, 0.25) is 0 Å². The van der Waals surface area contributed by atoms with Crippen LogP contribution in [0.25, 0.3) is 11.4 Å². The van der Waals surface area contributed by atoms with Gasteiger partial charge in [0.05, 0.1) is 0 Å². The lowest BCUT2D eigenvalue weighted by molar-refractivity contribution is 0.271. The minimum atomic E-state index is 0.943. The lowest BCUT2D eigenvalue weighted by atomic mass is 10.2. The Morgan fingerprint density at radius 3 is 2.32 bits per heavy atom. The molecule has 0 saturated carbocycles. The molecule has 0 atom stereocenters. The Hall–Kier alpha value is -2.66. The number of benzene rings is 2. The highest BCUT2D eigenvalue weighted by Crippen LogP contribution is 2.23. The maximum Gasteiger partial charge on any atom is 0.164 e. The second-order valence-corrected chi connectivity index (χ2v) is 7.84. The predicted octanol–water partition coefficient (Wildman–Crippen LogP) is 3.60. The van der Waals surface area contributed by atoms with Gasteiger partial charge in [-0.15, -0.1) is 10.2 Å². The normalized spacial score (nSPS) is 17.5. The third-order valence-corrected chi connectivity index (χ3v) is 5.96. The molecule has 0 N–H and O–H groups in total. The Morgan fingerprint density at radius 1 is 0.750 bits per heavy atom. The monoisotopic (exact) mass is 373 g/mol. The Bertz CT molecular complexity index is 910. The Kier molecular flexibility index (Phi) is 4.83. The third kappa shape index (κ3) is 3.54. The smallest absolute Gasteiger partial charge is 0.164 e. The summed E-state index contributed by atoms with van der Waals surface area (Å²) in [5, 5.41) is 8.93. The first kappa shape index (κ1) is 17.4.